The molecule has 3 aromatic rings. The van der Waals surface area contributed by atoms with Gasteiger partial charge in [0.25, 0.3) is 5.91 Å². The number of ether oxygens (including phenoxy) is 2. The molecule has 0 aliphatic carbocycles. The lowest BCUT2D eigenvalue weighted by Crippen LogP contribution is -2.42. The molecular weight excluding hydrogens is 442 g/mol. The van der Waals surface area contributed by atoms with Crippen molar-refractivity contribution in [3.63, 3.8) is 0 Å². The van der Waals surface area contributed by atoms with Gasteiger partial charge >= 0.3 is 0 Å². The first-order valence-corrected chi connectivity index (χ1v) is 12.0. The number of rotatable bonds is 4. The maximum absolute atomic E-state index is 13.6. The number of pyridine rings is 1. The van der Waals surface area contributed by atoms with Crippen LogP contribution in [0.25, 0.3) is 0 Å². The molecule has 1 aromatic heterocycles. The minimum absolute atomic E-state index is 0.00377. The van der Waals surface area contributed by atoms with Gasteiger partial charge in [-0.25, -0.2) is 4.98 Å². The molecule has 1 aliphatic rings. The third kappa shape index (κ3) is 6.59. The van der Waals surface area contributed by atoms with Crippen molar-refractivity contribution >= 4 is 11.8 Å². The Labute approximate surface area is 206 Å². The van der Waals surface area contributed by atoms with Crippen LogP contribution in [0.15, 0.2) is 72.9 Å². The smallest absolute Gasteiger partial charge is 0.259 e. The van der Waals surface area contributed by atoms with E-state index in [2.05, 4.69) is 4.98 Å². The average Bonchev–Trinajstić information content (AvgIpc) is 2.88. The van der Waals surface area contributed by atoms with Crippen molar-refractivity contribution in [2.24, 2.45) is 0 Å². The lowest BCUT2D eigenvalue weighted by atomic mass is 10.1. The first-order valence-electron chi connectivity index (χ1n) is 12.0. The van der Waals surface area contributed by atoms with Crippen LogP contribution < -0.4 is 9.47 Å². The standard InChI is InChI=1S/C28H31N3O4/c1-30(20-22-12-5-4-6-13-22)26(32)21-31-18-9-2-3-10-19-34-24-15-7-8-16-25(24)35-27-23(28(31)33)14-11-17-29-27/h4-8,11-17H,2-3,9-10,18-21H2,1H3. The van der Waals surface area contributed by atoms with Gasteiger partial charge in [-0.05, 0) is 42.7 Å². The van der Waals surface area contributed by atoms with Crippen molar-refractivity contribution in [3.05, 3.63) is 84.1 Å². The fraction of sp³-hybridized carbons (Fsp3) is 0.321. The topological polar surface area (TPSA) is 72.0 Å². The van der Waals surface area contributed by atoms with E-state index >= 15 is 0 Å². The van der Waals surface area contributed by atoms with E-state index in [1.54, 1.807) is 41.2 Å². The first kappa shape index (κ1) is 24.3. The number of hydrogen-bond acceptors (Lipinski definition) is 5. The molecule has 4 rings (SSSR count). The van der Waals surface area contributed by atoms with Crippen LogP contribution in [0.4, 0.5) is 0 Å². The Balaban J connectivity index is 1.57. The van der Waals surface area contributed by atoms with Crippen molar-refractivity contribution < 1.29 is 19.1 Å². The second kappa shape index (κ2) is 12.0. The second-order valence-electron chi connectivity index (χ2n) is 8.63. The van der Waals surface area contributed by atoms with E-state index in [9.17, 15) is 9.59 Å². The normalized spacial score (nSPS) is 14.5. The number of aromatic nitrogens is 1. The fourth-order valence-corrected chi connectivity index (χ4v) is 3.99. The number of amides is 2. The van der Waals surface area contributed by atoms with Crippen LogP contribution in [-0.2, 0) is 11.3 Å². The Hall–Kier alpha value is -3.87. The Bertz CT molecular complexity index is 1140. The number of fused-ring (bicyclic) bond motifs is 2. The van der Waals surface area contributed by atoms with Crippen LogP contribution in [0.2, 0.25) is 0 Å². The van der Waals surface area contributed by atoms with Gasteiger partial charge in [-0.15, -0.1) is 0 Å². The van der Waals surface area contributed by atoms with Gasteiger partial charge in [0.2, 0.25) is 11.8 Å². The van der Waals surface area contributed by atoms with Gasteiger partial charge in [0.1, 0.15) is 12.1 Å². The summed E-state index contributed by atoms with van der Waals surface area (Å²) in [5.74, 6) is 0.921. The Kier molecular flexibility index (Phi) is 8.33. The van der Waals surface area contributed by atoms with Gasteiger partial charge in [0, 0.05) is 26.3 Å². The molecule has 2 heterocycles. The molecule has 2 amide bonds. The molecule has 0 bridgehead atoms. The van der Waals surface area contributed by atoms with E-state index in [0.29, 0.717) is 36.8 Å². The number of carbonyl (C=O) groups excluding carboxylic acids is 2. The summed E-state index contributed by atoms with van der Waals surface area (Å²) in [5, 5.41) is 0. The quantitative estimate of drug-likeness (QED) is 0.537. The Morgan fingerprint density at radius 2 is 1.69 bits per heavy atom. The highest BCUT2D eigenvalue weighted by atomic mass is 16.5. The summed E-state index contributed by atoms with van der Waals surface area (Å²) in [6.07, 6.45) is 5.20. The number of likely N-dealkylation sites (N-methyl/N-ethyl adjacent to an activating group) is 1. The van der Waals surface area contributed by atoms with Crippen LogP contribution in [0.3, 0.4) is 0 Å². The molecule has 1 aliphatic heterocycles. The molecule has 0 spiro atoms. The molecule has 0 unspecified atom stereocenters. The van der Waals surface area contributed by atoms with E-state index in [0.717, 1.165) is 31.2 Å². The zero-order valence-electron chi connectivity index (χ0n) is 20.1. The fourth-order valence-electron chi connectivity index (χ4n) is 3.99. The lowest BCUT2D eigenvalue weighted by molar-refractivity contribution is -0.131. The molecule has 0 radical (unpaired) electrons. The SMILES string of the molecule is CN(Cc1ccccc1)C(=O)CN1CCCCCCOc2ccccc2Oc2ncccc2C1=O. The third-order valence-corrected chi connectivity index (χ3v) is 5.94. The highest BCUT2D eigenvalue weighted by molar-refractivity contribution is 5.98. The van der Waals surface area contributed by atoms with Crippen LogP contribution in [0.1, 0.15) is 41.6 Å². The Morgan fingerprint density at radius 1 is 0.943 bits per heavy atom. The van der Waals surface area contributed by atoms with E-state index in [-0.39, 0.29) is 24.2 Å². The predicted octanol–water partition coefficient (Wildman–Crippen LogP) is 4.93. The highest BCUT2D eigenvalue weighted by Crippen LogP contribution is 2.32. The molecular formula is C28H31N3O4. The predicted molar refractivity (Wildman–Crippen MR) is 134 cm³/mol. The average molecular weight is 474 g/mol. The summed E-state index contributed by atoms with van der Waals surface area (Å²) < 4.78 is 12.0. The van der Waals surface area contributed by atoms with E-state index in [1.807, 2.05) is 48.5 Å². The van der Waals surface area contributed by atoms with Crippen LogP contribution in [0, 0.1) is 0 Å². The molecule has 182 valence electrons. The number of benzene rings is 2. The van der Waals surface area contributed by atoms with Gasteiger partial charge in [-0.2, -0.15) is 0 Å². The molecule has 2 aromatic carbocycles. The van der Waals surface area contributed by atoms with Gasteiger partial charge in [-0.1, -0.05) is 55.3 Å². The minimum Gasteiger partial charge on any atom is -0.490 e. The van der Waals surface area contributed by atoms with Crippen molar-refractivity contribution in [1.29, 1.82) is 0 Å². The van der Waals surface area contributed by atoms with Crippen molar-refractivity contribution in [3.8, 4) is 17.4 Å². The van der Waals surface area contributed by atoms with Crippen LogP contribution >= 0.6 is 0 Å². The van der Waals surface area contributed by atoms with Gasteiger partial charge in [-0.3, -0.25) is 9.59 Å². The number of nitrogens with zero attached hydrogens (tertiary/aromatic N) is 3. The van der Waals surface area contributed by atoms with Crippen molar-refractivity contribution in [1.82, 2.24) is 14.8 Å². The van der Waals surface area contributed by atoms with Crippen LogP contribution in [-0.4, -0.2) is 53.3 Å². The molecule has 0 atom stereocenters. The number of carbonyl (C=O) groups is 2. The summed E-state index contributed by atoms with van der Waals surface area (Å²) in [6, 6.07) is 20.6. The van der Waals surface area contributed by atoms with Gasteiger partial charge in [0.15, 0.2) is 11.5 Å². The highest BCUT2D eigenvalue weighted by Gasteiger charge is 2.25. The summed E-state index contributed by atoms with van der Waals surface area (Å²) >= 11 is 0. The van der Waals surface area contributed by atoms with Gasteiger partial charge < -0.3 is 19.3 Å². The summed E-state index contributed by atoms with van der Waals surface area (Å²) in [4.78, 5) is 34.3. The molecule has 0 saturated heterocycles. The molecule has 0 N–H and O–H groups in total. The van der Waals surface area contributed by atoms with E-state index in [1.165, 1.54) is 0 Å². The molecule has 0 saturated carbocycles. The number of para-hydroxylation sites is 2. The largest absolute Gasteiger partial charge is 0.490 e. The second-order valence-corrected chi connectivity index (χ2v) is 8.63. The van der Waals surface area contributed by atoms with E-state index in [4.69, 9.17) is 9.47 Å². The molecule has 7 heteroatoms. The third-order valence-electron chi connectivity index (χ3n) is 5.94. The minimum atomic E-state index is -0.273. The summed E-state index contributed by atoms with van der Waals surface area (Å²) in [6.45, 7) is 1.55. The lowest BCUT2D eigenvalue weighted by Gasteiger charge is -2.26. The maximum atomic E-state index is 13.6. The van der Waals surface area contributed by atoms with Crippen molar-refractivity contribution in [2.45, 2.75) is 32.2 Å². The van der Waals surface area contributed by atoms with Crippen LogP contribution in [0.5, 0.6) is 17.4 Å². The van der Waals surface area contributed by atoms with Gasteiger partial charge in [0.05, 0.1) is 6.61 Å². The molecule has 7 nitrogen and oxygen atoms in total. The summed E-state index contributed by atoms with van der Waals surface area (Å²) in [5.41, 5.74) is 1.36. The van der Waals surface area contributed by atoms with Crippen molar-refractivity contribution in [2.75, 3.05) is 26.7 Å². The Morgan fingerprint density at radius 3 is 2.51 bits per heavy atom. The zero-order valence-corrected chi connectivity index (χ0v) is 20.1. The summed E-state index contributed by atoms with van der Waals surface area (Å²) in [7, 11) is 1.76. The maximum Gasteiger partial charge on any atom is 0.259 e. The monoisotopic (exact) mass is 473 g/mol. The van der Waals surface area contributed by atoms with E-state index < -0.39 is 0 Å². The molecule has 0 fully saturated rings. The first-order chi connectivity index (χ1) is 17.1. The zero-order chi connectivity index (χ0) is 24.5. The number of hydrogen-bond donors (Lipinski definition) is 0. The molecule has 35 heavy (non-hydrogen) atoms.